The number of ketones is 4. The summed E-state index contributed by atoms with van der Waals surface area (Å²) in [6.45, 7) is 5.19. The van der Waals surface area contributed by atoms with Crippen molar-refractivity contribution >= 4 is 46.2 Å². The fraction of sp³-hybridized carbons (Fsp3) is 0.118. The van der Waals surface area contributed by atoms with Crippen LogP contribution in [0.4, 0.5) is 17.6 Å². The highest BCUT2D eigenvalue weighted by Gasteiger charge is 2.19. The first-order valence-electron chi connectivity index (χ1n) is 28.7. The third-order valence-corrected chi connectivity index (χ3v) is 13.5. The van der Waals surface area contributed by atoms with Gasteiger partial charge in [0, 0.05) is 57.0 Å². The topological polar surface area (TPSA) is 357 Å². The molecule has 7 N–H and O–H groups in total. The lowest BCUT2D eigenvalue weighted by Gasteiger charge is -2.01. The second-order valence-corrected chi connectivity index (χ2v) is 20.9. The molecule has 0 saturated heterocycles. The minimum atomic E-state index is -0.500. The minimum Gasteiger partial charge on any atom is -0.504 e. The number of nitrogens with one attached hydrogen (secondary N) is 3. The molecule has 12 rings (SSSR count). The van der Waals surface area contributed by atoms with Gasteiger partial charge in [0.05, 0.1) is 0 Å². The second-order valence-electron chi connectivity index (χ2n) is 20.9. The lowest BCUT2D eigenvalue weighted by Crippen LogP contribution is -1.97. The Morgan fingerprint density at radius 3 is 1.28 bits per heavy atom. The summed E-state index contributed by atoms with van der Waals surface area (Å²) in [7, 11) is 1.65. The van der Waals surface area contributed by atoms with Gasteiger partial charge in [-0.1, -0.05) is 48.5 Å². The maximum atomic E-state index is 13.3. The van der Waals surface area contributed by atoms with Crippen LogP contribution >= 0.6 is 0 Å². The normalized spacial score (nSPS) is 11.7. The Balaban J connectivity index is 0.000000150. The van der Waals surface area contributed by atoms with Gasteiger partial charge in [0.1, 0.15) is 71.1 Å². The van der Waals surface area contributed by atoms with Crippen LogP contribution in [-0.2, 0) is 32.7 Å². The summed E-state index contributed by atoms with van der Waals surface area (Å²) in [5, 5.41) is 61.6. The number of aliphatic hydroxyl groups is 4. The summed E-state index contributed by atoms with van der Waals surface area (Å²) < 4.78 is 75.4. The number of carbonyl (C=O) groups is 4. The third kappa shape index (κ3) is 19.1. The summed E-state index contributed by atoms with van der Waals surface area (Å²) in [4.78, 5) is 63.7. The first-order chi connectivity index (χ1) is 46.1. The Bertz CT molecular complexity index is 4620. The molecule has 28 heteroatoms. The standard InChI is InChI=1S/4C17H14FN3O3/c1-10-6-11(2-4-13(10)18)7-12-3-5-16(24-12)14(22)8-15(23)17-19-9-20-21-17;1-10-6-16(13(22)8-14(23)17-19-9-20-21-17)24-15(10)7-11-2-4-12(18)5-3-11;1-21-10-19-17(20-21)15(23)9-14(22)16-7-6-13(24-16)8-11-2-4-12(18)5-3-11;1-10-19-17(21-20-10)15(23)9-14(22)16-7-6-13(24-16)8-11-2-4-12(18)5-3-11/h2*2-6,8-9,23H,7H2,1H3,(H,19,20,21);2-7,9-10,23H,8H2,1H3;2-7,9,23H,8H2,1H3,(H,19,20,21)/b15-8-;14-8-;2*15-9-. The molecule has 0 spiro atoms. The van der Waals surface area contributed by atoms with Gasteiger partial charge in [-0.3, -0.25) is 39.2 Å². The molecule has 96 heavy (non-hydrogen) atoms. The monoisotopic (exact) mass is 1310 g/mol. The van der Waals surface area contributed by atoms with Crippen molar-refractivity contribution in [3.8, 4) is 0 Å². The van der Waals surface area contributed by atoms with E-state index in [0.717, 1.165) is 52.1 Å². The van der Waals surface area contributed by atoms with Crippen LogP contribution < -0.4 is 0 Å². The van der Waals surface area contributed by atoms with E-state index in [0.29, 0.717) is 60.1 Å². The maximum absolute atomic E-state index is 13.3. The highest BCUT2D eigenvalue weighted by Crippen LogP contribution is 2.23. The van der Waals surface area contributed by atoms with Crippen molar-refractivity contribution in [1.82, 2.24) is 60.3 Å². The average molecular weight is 1310 g/mol. The van der Waals surface area contributed by atoms with Crippen LogP contribution in [0.1, 0.15) is 128 Å². The van der Waals surface area contributed by atoms with Crippen molar-refractivity contribution in [2.75, 3.05) is 0 Å². The largest absolute Gasteiger partial charge is 0.504 e. The van der Waals surface area contributed by atoms with E-state index >= 15 is 0 Å². The van der Waals surface area contributed by atoms with E-state index < -0.39 is 23.1 Å². The number of furan rings is 4. The number of H-pyrrole nitrogens is 3. The predicted molar refractivity (Wildman–Crippen MR) is 336 cm³/mol. The molecule has 0 aliphatic heterocycles. The van der Waals surface area contributed by atoms with E-state index in [1.54, 1.807) is 93.7 Å². The summed E-state index contributed by atoms with van der Waals surface area (Å²) in [6, 6.07) is 34.1. The van der Waals surface area contributed by atoms with Gasteiger partial charge in [0.25, 0.3) is 0 Å². The van der Waals surface area contributed by atoms with Gasteiger partial charge in [-0.15, -0.1) is 5.10 Å². The summed E-state index contributed by atoms with van der Waals surface area (Å²) in [6.07, 6.45) is 9.64. The van der Waals surface area contributed by atoms with Crippen LogP contribution in [0.15, 0.2) is 194 Å². The van der Waals surface area contributed by atoms with Crippen LogP contribution in [0.5, 0.6) is 0 Å². The molecule has 12 aromatic rings. The summed E-state index contributed by atoms with van der Waals surface area (Å²) in [5.41, 5.74) is 4.82. The second kappa shape index (κ2) is 31.4. The Morgan fingerprint density at radius 2 is 0.875 bits per heavy atom. The van der Waals surface area contributed by atoms with E-state index in [-0.39, 0.29) is 92.6 Å². The molecule has 0 bridgehead atoms. The van der Waals surface area contributed by atoms with E-state index in [4.69, 9.17) is 17.7 Å². The van der Waals surface area contributed by atoms with Gasteiger partial charge in [0.15, 0.2) is 57.7 Å². The number of aromatic nitrogens is 12. The maximum Gasteiger partial charge on any atom is 0.224 e. The molecule has 0 unspecified atom stereocenters. The smallest absolute Gasteiger partial charge is 0.224 e. The fourth-order valence-corrected chi connectivity index (χ4v) is 8.66. The molecule has 0 aliphatic carbocycles. The third-order valence-electron chi connectivity index (χ3n) is 13.5. The Hall–Kier alpha value is -12.9. The molecule has 0 amide bonds. The number of rotatable bonds is 20. The van der Waals surface area contributed by atoms with Gasteiger partial charge in [-0.2, -0.15) is 15.3 Å². The van der Waals surface area contributed by atoms with Crippen molar-refractivity contribution in [3.63, 3.8) is 0 Å². The molecule has 488 valence electrons. The molecular formula is C68H56F4N12O12. The Morgan fingerprint density at radius 1 is 0.458 bits per heavy atom. The van der Waals surface area contributed by atoms with Crippen LogP contribution in [0.2, 0.25) is 0 Å². The number of halogens is 4. The van der Waals surface area contributed by atoms with Crippen molar-refractivity contribution in [1.29, 1.82) is 0 Å². The average Bonchev–Trinajstić information content (AvgIpc) is 2.15. The number of hydrogen-bond donors (Lipinski definition) is 7. The van der Waals surface area contributed by atoms with E-state index in [9.17, 15) is 57.2 Å². The Kier molecular flexibility index (Phi) is 22.1. The molecule has 0 radical (unpaired) electrons. The lowest BCUT2D eigenvalue weighted by atomic mass is 10.1. The van der Waals surface area contributed by atoms with E-state index in [2.05, 4.69) is 55.6 Å². The molecule has 24 nitrogen and oxygen atoms in total. The molecule has 0 saturated carbocycles. The van der Waals surface area contributed by atoms with Gasteiger partial charge in [-0.25, -0.2) is 37.5 Å². The van der Waals surface area contributed by atoms with Crippen LogP contribution in [0, 0.1) is 44.0 Å². The van der Waals surface area contributed by atoms with Crippen LogP contribution in [0.3, 0.4) is 0 Å². The zero-order valence-electron chi connectivity index (χ0n) is 51.2. The van der Waals surface area contributed by atoms with Crippen LogP contribution in [-0.4, -0.2) is 104 Å². The number of benzene rings is 4. The molecule has 0 fully saturated rings. The fourth-order valence-electron chi connectivity index (χ4n) is 8.66. The highest BCUT2D eigenvalue weighted by atomic mass is 19.1. The quantitative estimate of drug-likeness (QED) is 0.0161. The predicted octanol–water partition coefficient (Wildman–Crippen LogP) is 12.6. The van der Waals surface area contributed by atoms with Crippen molar-refractivity contribution in [2.45, 2.75) is 46.5 Å². The van der Waals surface area contributed by atoms with Crippen molar-refractivity contribution < 1.29 is 74.8 Å². The first-order valence-corrected chi connectivity index (χ1v) is 28.7. The molecule has 8 heterocycles. The van der Waals surface area contributed by atoms with Gasteiger partial charge < -0.3 is 38.1 Å². The molecule has 0 aliphatic rings. The van der Waals surface area contributed by atoms with Crippen LogP contribution in [0.25, 0.3) is 23.0 Å². The number of allylic oxidation sites excluding steroid dienone is 4. The minimum absolute atomic E-state index is 0.0407. The van der Waals surface area contributed by atoms with Gasteiger partial charge >= 0.3 is 0 Å². The number of aliphatic hydroxyl groups excluding tert-OH is 4. The van der Waals surface area contributed by atoms with E-state index in [1.165, 1.54) is 84.3 Å². The number of hydrogen-bond acceptors (Lipinski definition) is 20. The summed E-state index contributed by atoms with van der Waals surface area (Å²) >= 11 is 0. The van der Waals surface area contributed by atoms with Gasteiger partial charge in [-0.05, 0) is 139 Å². The first kappa shape index (κ1) is 67.5. The molecule has 4 aromatic carbocycles. The zero-order chi connectivity index (χ0) is 68.4. The zero-order valence-corrected chi connectivity index (χ0v) is 51.2. The number of nitrogens with zero attached hydrogens (tertiary/aromatic N) is 9. The Labute approximate surface area is 541 Å². The highest BCUT2D eigenvalue weighted by molar-refractivity contribution is 6.07. The molecular weight excluding hydrogens is 1250 g/mol. The SMILES string of the molecule is Cc1cc(C(=O)/C=C(\O)c2ncn[nH]2)oc1Cc1ccc(F)cc1.Cc1cc(Cc2ccc(C(=O)/C=C(\O)c3ncn[nH]3)o2)ccc1F.Cc1nc(/C(O)=C/C(=O)c2ccc(Cc3ccc(F)cc3)o2)n[nH]1.Cn1cnc(/C(O)=C/C(=O)c2ccc(Cc3ccc(F)cc3)o2)n1. The van der Waals surface area contributed by atoms with Gasteiger partial charge in [0.2, 0.25) is 34.8 Å². The number of aryl methyl sites for hydroxylation is 4. The molecule has 0 atom stereocenters. The lowest BCUT2D eigenvalue weighted by molar-refractivity contribution is 0.101. The summed E-state index contributed by atoms with van der Waals surface area (Å²) in [5.74, 6) is -1.01. The van der Waals surface area contributed by atoms with Crippen molar-refractivity contribution in [2.24, 2.45) is 7.05 Å². The molecule has 8 aromatic heterocycles. The number of aromatic amines is 3. The number of carbonyl (C=O) groups excluding carboxylic acids is 4. The van der Waals surface area contributed by atoms with Crippen molar-refractivity contribution in [3.05, 3.63) is 309 Å². The van der Waals surface area contributed by atoms with E-state index in [1.807, 2.05) is 6.92 Å².